The van der Waals surface area contributed by atoms with Gasteiger partial charge >= 0.3 is 12.2 Å². The Morgan fingerprint density at radius 1 is 1.06 bits per heavy atom. The molecule has 0 aliphatic carbocycles. The van der Waals surface area contributed by atoms with Crippen LogP contribution in [0.1, 0.15) is 51.0 Å². The molecule has 0 spiro atoms. The average molecular weight is 478 g/mol. The van der Waals surface area contributed by atoms with E-state index in [4.69, 9.17) is 14.2 Å². The number of hydrogen-bond donors (Lipinski definition) is 0. The minimum Gasteiger partial charge on any atom is -0.449 e. The lowest BCUT2D eigenvalue weighted by Gasteiger charge is -2.37. The molecule has 3 rings (SSSR count). The number of piperidine rings is 2. The summed E-state index contributed by atoms with van der Waals surface area (Å²) in [5.41, 5.74) is 0.930. The van der Waals surface area contributed by atoms with Crippen LogP contribution in [0.2, 0.25) is 0 Å². The predicted molar refractivity (Wildman–Crippen MR) is 124 cm³/mol. The molecule has 2 atom stereocenters. The van der Waals surface area contributed by atoms with Crippen molar-refractivity contribution in [3.63, 3.8) is 0 Å². The third-order valence-corrected chi connectivity index (χ3v) is 6.38. The number of nitro groups is 1. The van der Waals surface area contributed by atoms with Gasteiger partial charge in [-0.1, -0.05) is 43.7 Å². The number of hydrogen-bond acceptors (Lipinski definition) is 7. The highest BCUT2D eigenvalue weighted by molar-refractivity contribution is 5.68. The Balaban J connectivity index is 1.47. The molecular weight excluding hydrogens is 442 g/mol. The van der Waals surface area contributed by atoms with E-state index in [0.717, 1.165) is 18.4 Å². The maximum absolute atomic E-state index is 12.6. The van der Waals surface area contributed by atoms with Gasteiger partial charge in [-0.3, -0.25) is 15.0 Å². The van der Waals surface area contributed by atoms with Crippen LogP contribution in [0.5, 0.6) is 0 Å². The van der Waals surface area contributed by atoms with Gasteiger partial charge in [0, 0.05) is 31.0 Å². The molecule has 2 unspecified atom stereocenters. The number of carbonyl (C=O) groups excluding carboxylic acids is 2. The fraction of sp³-hybridized carbons (Fsp3) is 0.667. The van der Waals surface area contributed by atoms with E-state index in [9.17, 15) is 19.7 Å². The quantitative estimate of drug-likeness (QED) is 0.302. The molecule has 1 aromatic rings. The van der Waals surface area contributed by atoms with E-state index in [1.807, 2.05) is 37.3 Å². The molecule has 10 heteroatoms. The highest BCUT2D eigenvalue weighted by atomic mass is 16.6. The first-order valence-electron chi connectivity index (χ1n) is 12.1. The summed E-state index contributed by atoms with van der Waals surface area (Å²) in [5.74, 6) is 0. The Bertz CT molecular complexity index is 799. The van der Waals surface area contributed by atoms with Crippen LogP contribution in [0.25, 0.3) is 0 Å². The molecule has 188 valence electrons. The molecule has 0 bridgehead atoms. The topological polar surface area (TPSA) is 111 Å². The summed E-state index contributed by atoms with van der Waals surface area (Å²) in [4.78, 5) is 39.3. The summed E-state index contributed by atoms with van der Waals surface area (Å²) < 4.78 is 16.7. The monoisotopic (exact) mass is 477 g/mol. The first-order chi connectivity index (χ1) is 16.5. The number of likely N-dealkylation sites (tertiary alicyclic amines) is 2. The number of rotatable bonds is 9. The van der Waals surface area contributed by atoms with Gasteiger partial charge in [-0.25, -0.2) is 9.59 Å². The normalized spacial score (nSPS) is 21.2. The minimum atomic E-state index is -0.875. The lowest BCUT2D eigenvalue weighted by atomic mass is 9.97. The minimum absolute atomic E-state index is 0.0810. The zero-order chi connectivity index (χ0) is 24.3. The van der Waals surface area contributed by atoms with Gasteiger partial charge in [-0.05, 0) is 31.2 Å². The van der Waals surface area contributed by atoms with Crippen LogP contribution in [-0.4, -0.2) is 77.9 Å². The Labute approximate surface area is 200 Å². The highest BCUT2D eigenvalue weighted by Gasteiger charge is 2.43. The second-order valence-electron chi connectivity index (χ2n) is 8.78. The number of nitrogens with zero attached hydrogens (tertiary/aromatic N) is 3. The van der Waals surface area contributed by atoms with Crippen molar-refractivity contribution in [2.45, 2.75) is 70.2 Å². The van der Waals surface area contributed by atoms with Crippen LogP contribution in [0.3, 0.4) is 0 Å². The van der Waals surface area contributed by atoms with Crippen molar-refractivity contribution in [2.24, 2.45) is 0 Å². The molecule has 2 aliphatic rings. The lowest BCUT2D eigenvalue weighted by molar-refractivity contribution is -0.534. The van der Waals surface area contributed by atoms with E-state index in [1.165, 1.54) is 4.90 Å². The molecule has 2 heterocycles. The number of ether oxygens (including phenoxy) is 3. The van der Waals surface area contributed by atoms with E-state index in [0.29, 0.717) is 51.9 Å². The molecule has 2 fully saturated rings. The van der Waals surface area contributed by atoms with Crippen LogP contribution in [-0.2, 0) is 20.8 Å². The van der Waals surface area contributed by atoms with Gasteiger partial charge in [-0.15, -0.1) is 0 Å². The number of benzene rings is 1. The van der Waals surface area contributed by atoms with Crippen molar-refractivity contribution in [1.29, 1.82) is 0 Å². The van der Waals surface area contributed by atoms with Crippen molar-refractivity contribution in [1.82, 2.24) is 9.80 Å². The van der Waals surface area contributed by atoms with Crippen molar-refractivity contribution < 1.29 is 28.7 Å². The first-order valence-corrected chi connectivity index (χ1v) is 12.1. The summed E-state index contributed by atoms with van der Waals surface area (Å²) in [5, 5.41) is 11.6. The SMILES string of the molecule is CCCCOC(=O)N1CCCC([N+](=O)[O-])C1COC1CCN(C(=O)OCc2ccccc2)CC1. The third-order valence-electron chi connectivity index (χ3n) is 6.38. The summed E-state index contributed by atoms with van der Waals surface area (Å²) in [6.07, 6.45) is 2.84. The molecule has 10 nitrogen and oxygen atoms in total. The number of unbranched alkanes of at least 4 members (excludes halogenated alkanes) is 1. The van der Waals surface area contributed by atoms with Crippen LogP contribution in [0.4, 0.5) is 9.59 Å². The van der Waals surface area contributed by atoms with Crippen LogP contribution in [0, 0.1) is 10.1 Å². The van der Waals surface area contributed by atoms with Gasteiger partial charge in [0.15, 0.2) is 0 Å². The van der Waals surface area contributed by atoms with E-state index in [2.05, 4.69) is 0 Å². The largest absolute Gasteiger partial charge is 0.449 e. The van der Waals surface area contributed by atoms with E-state index < -0.39 is 18.2 Å². The summed E-state index contributed by atoms with van der Waals surface area (Å²) in [7, 11) is 0. The van der Waals surface area contributed by atoms with E-state index in [1.54, 1.807) is 4.90 Å². The van der Waals surface area contributed by atoms with E-state index >= 15 is 0 Å². The fourth-order valence-corrected chi connectivity index (χ4v) is 4.35. The number of amides is 2. The number of carbonyl (C=O) groups is 2. The van der Waals surface area contributed by atoms with Gasteiger partial charge in [0.2, 0.25) is 6.04 Å². The molecule has 1 aromatic carbocycles. The summed E-state index contributed by atoms with van der Waals surface area (Å²) in [6.45, 7) is 4.02. The Morgan fingerprint density at radius 3 is 2.47 bits per heavy atom. The van der Waals surface area contributed by atoms with Crippen molar-refractivity contribution in [3.05, 3.63) is 46.0 Å². The third kappa shape index (κ3) is 7.31. The zero-order valence-electron chi connectivity index (χ0n) is 19.8. The molecule has 2 saturated heterocycles. The Hall–Kier alpha value is -2.88. The summed E-state index contributed by atoms with van der Waals surface area (Å²) >= 11 is 0. The van der Waals surface area contributed by atoms with Crippen LogP contribution >= 0.6 is 0 Å². The molecule has 34 heavy (non-hydrogen) atoms. The fourth-order valence-electron chi connectivity index (χ4n) is 4.35. The van der Waals surface area contributed by atoms with Crippen LogP contribution < -0.4 is 0 Å². The van der Waals surface area contributed by atoms with Gasteiger partial charge in [-0.2, -0.15) is 0 Å². The second kappa shape index (κ2) is 13.1. The second-order valence-corrected chi connectivity index (χ2v) is 8.78. The highest BCUT2D eigenvalue weighted by Crippen LogP contribution is 2.24. The Morgan fingerprint density at radius 2 is 1.79 bits per heavy atom. The lowest BCUT2D eigenvalue weighted by Crippen LogP contribution is -2.56. The van der Waals surface area contributed by atoms with Gasteiger partial charge < -0.3 is 19.1 Å². The molecular formula is C24H35N3O7. The zero-order valence-corrected chi connectivity index (χ0v) is 19.8. The molecule has 2 amide bonds. The average Bonchev–Trinajstić information content (AvgIpc) is 2.86. The molecule has 0 N–H and O–H groups in total. The van der Waals surface area contributed by atoms with Crippen molar-refractivity contribution >= 4 is 12.2 Å². The summed E-state index contributed by atoms with van der Waals surface area (Å²) in [6, 6.07) is 7.97. The first kappa shape index (κ1) is 25.7. The van der Waals surface area contributed by atoms with Crippen LogP contribution in [0.15, 0.2) is 30.3 Å². The standard InChI is InChI=1S/C24H35N3O7/c1-2-3-16-32-24(29)26-13-7-10-21(27(30)31)22(26)18-33-20-11-14-25(15-12-20)23(28)34-17-19-8-5-4-6-9-19/h4-6,8-9,20-22H,2-3,7,10-18H2,1H3. The molecule has 2 aliphatic heterocycles. The molecule has 0 radical (unpaired) electrons. The molecule has 0 saturated carbocycles. The van der Waals surface area contributed by atoms with Gasteiger partial charge in [0.1, 0.15) is 12.6 Å². The predicted octanol–water partition coefficient (Wildman–Crippen LogP) is 3.85. The van der Waals surface area contributed by atoms with Gasteiger partial charge in [0.25, 0.3) is 0 Å². The Kier molecular flexibility index (Phi) is 9.93. The maximum atomic E-state index is 12.6. The smallest absolute Gasteiger partial charge is 0.410 e. The maximum Gasteiger partial charge on any atom is 0.410 e. The van der Waals surface area contributed by atoms with Crippen molar-refractivity contribution in [3.8, 4) is 0 Å². The van der Waals surface area contributed by atoms with Crippen molar-refractivity contribution in [2.75, 3.05) is 32.8 Å². The molecule has 0 aromatic heterocycles. The van der Waals surface area contributed by atoms with Gasteiger partial charge in [0.05, 0.1) is 19.3 Å². The van der Waals surface area contributed by atoms with E-state index in [-0.39, 0.29) is 30.3 Å².